The number of ether oxygens (including phenoxy) is 1. The van der Waals surface area contributed by atoms with E-state index < -0.39 is 5.97 Å². The second-order valence-corrected chi connectivity index (χ2v) is 5.82. The lowest BCUT2D eigenvalue weighted by Crippen LogP contribution is -2.36. The van der Waals surface area contributed by atoms with Crippen LogP contribution in [0.3, 0.4) is 0 Å². The number of aromatic nitrogens is 1. The van der Waals surface area contributed by atoms with Crippen LogP contribution in [0.4, 0.5) is 5.82 Å². The van der Waals surface area contributed by atoms with Crippen molar-refractivity contribution >= 4 is 17.8 Å². The van der Waals surface area contributed by atoms with E-state index in [2.05, 4.69) is 9.88 Å². The van der Waals surface area contributed by atoms with E-state index in [0.29, 0.717) is 5.82 Å². The molecule has 1 spiro atoms. The van der Waals surface area contributed by atoms with Gasteiger partial charge in [0.2, 0.25) is 0 Å². The molecule has 1 N–H and O–H groups in total. The molecule has 2 aliphatic rings. The van der Waals surface area contributed by atoms with Crippen molar-refractivity contribution < 1.29 is 19.4 Å². The molecule has 0 aromatic carbocycles. The number of rotatable bonds is 3. The third-order valence-electron chi connectivity index (χ3n) is 4.71. The summed E-state index contributed by atoms with van der Waals surface area (Å²) in [5.41, 5.74) is 0.167. The largest absolute Gasteiger partial charge is 0.477 e. The lowest BCUT2D eigenvalue weighted by molar-refractivity contribution is -0.143. The number of anilines is 1. The molecule has 2 fully saturated rings. The molecular weight excluding hydrogens is 272 g/mol. The van der Waals surface area contributed by atoms with Crippen LogP contribution in [0.1, 0.15) is 29.8 Å². The van der Waals surface area contributed by atoms with Crippen molar-refractivity contribution in [3.05, 3.63) is 23.9 Å². The predicted octanol–water partition coefficient (Wildman–Crippen LogP) is 1.56. The van der Waals surface area contributed by atoms with Gasteiger partial charge in [0.1, 0.15) is 5.82 Å². The summed E-state index contributed by atoms with van der Waals surface area (Å²) in [6.45, 7) is 1.59. The summed E-state index contributed by atoms with van der Waals surface area (Å²) < 4.78 is 4.83. The molecule has 0 radical (unpaired) electrons. The second-order valence-electron chi connectivity index (χ2n) is 5.82. The Balaban J connectivity index is 1.66. The van der Waals surface area contributed by atoms with Crippen molar-refractivity contribution in [1.29, 1.82) is 0 Å². The Morgan fingerprint density at radius 3 is 2.71 bits per heavy atom. The fourth-order valence-corrected chi connectivity index (χ4v) is 3.28. The highest BCUT2D eigenvalue weighted by molar-refractivity contribution is 5.85. The van der Waals surface area contributed by atoms with E-state index in [4.69, 9.17) is 9.84 Å². The summed E-state index contributed by atoms with van der Waals surface area (Å²) in [7, 11) is 1.44. The zero-order chi connectivity index (χ0) is 15.0. The Kier molecular flexibility index (Phi) is 3.31. The smallest absolute Gasteiger partial charge is 0.354 e. The van der Waals surface area contributed by atoms with Crippen LogP contribution in [0.25, 0.3) is 0 Å². The average Bonchev–Trinajstić information content (AvgIpc) is 3.21. The van der Waals surface area contributed by atoms with E-state index in [-0.39, 0.29) is 23.0 Å². The van der Waals surface area contributed by atoms with Crippen molar-refractivity contribution in [2.45, 2.75) is 19.3 Å². The monoisotopic (exact) mass is 290 g/mol. The van der Waals surface area contributed by atoms with E-state index in [1.54, 1.807) is 6.07 Å². The molecule has 0 amide bonds. The first-order chi connectivity index (χ1) is 10.1. The minimum absolute atomic E-state index is 0.0444. The van der Waals surface area contributed by atoms with Crippen molar-refractivity contribution in [2.75, 3.05) is 25.1 Å². The first-order valence-electron chi connectivity index (χ1n) is 7.09. The van der Waals surface area contributed by atoms with Gasteiger partial charge in [-0.3, -0.25) is 4.79 Å². The number of hydrogen-bond acceptors (Lipinski definition) is 5. The van der Waals surface area contributed by atoms with Gasteiger partial charge in [-0.2, -0.15) is 0 Å². The molecule has 0 bridgehead atoms. The number of pyridine rings is 1. The van der Waals surface area contributed by atoms with Crippen molar-refractivity contribution in [3.8, 4) is 0 Å². The molecular formula is C15H18N2O4. The van der Waals surface area contributed by atoms with Gasteiger partial charge in [0, 0.05) is 13.1 Å². The highest BCUT2D eigenvalue weighted by atomic mass is 16.5. The third kappa shape index (κ3) is 2.46. The molecule has 21 heavy (non-hydrogen) atoms. The highest BCUT2D eigenvalue weighted by Gasteiger charge is 2.59. The molecule has 1 aromatic heterocycles. The first kappa shape index (κ1) is 13.9. The molecule has 3 rings (SSSR count). The van der Waals surface area contributed by atoms with Crippen LogP contribution in [0.15, 0.2) is 18.2 Å². The predicted molar refractivity (Wildman–Crippen MR) is 75.2 cm³/mol. The van der Waals surface area contributed by atoms with Crippen LogP contribution in [-0.2, 0) is 9.53 Å². The van der Waals surface area contributed by atoms with Gasteiger partial charge in [-0.25, -0.2) is 9.78 Å². The second kappa shape index (κ2) is 5.02. The summed E-state index contributed by atoms with van der Waals surface area (Å²) in [4.78, 5) is 28.8. The number of piperidine rings is 1. The highest BCUT2D eigenvalue weighted by Crippen LogP contribution is 2.59. The van der Waals surface area contributed by atoms with Gasteiger partial charge < -0.3 is 14.7 Å². The maximum absolute atomic E-state index is 11.6. The minimum Gasteiger partial charge on any atom is -0.477 e. The van der Waals surface area contributed by atoms with Crippen LogP contribution < -0.4 is 4.90 Å². The summed E-state index contributed by atoms with van der Waals surface area (Å²) in [5.74, 6) is -0.379. The van der Waals surface area contributed by atoms with E-state index >= 15 is 0 Å². The molecule has 2 heterocycles. The Morgan fingerprint density at radius 2 is 2.10 bits per heavy atom. The quantitative estimate of drug-likeness (QED) is 0.851. The van der Waals surface area contributed by atoms with Crippen LogP contribution >= 0.6 is 0 Å². The fourth-order valence-electron chi connectivity index (χ4n) is 3.28. The Morgan fingerprint density at radius 1 is 1.38 bits per heavy atom. The fraction of sp³-hybridized carbons (Fsp3) is 0.533. The van der Waals surface area contributed by atoms with Crippen LogP contribution in [-0.4, -0.2) is 42.2 Å². The van der Waals surface area contributed by atoms with Crippen LogP contribution in [0, 0.1) is 11.3 Å². The Bertz CT molecular complexity index is 579. The minimum atomic E-state index is -1.02. The number of aromatic carboxylic acids is 1. The maximum atomic E-state index is 11.6. The van der Waals surface area contributed by atoms with Crippen molar-refractivity contribution in [1.82, 2.24) is 4.98 Å². The van der Waals surface area contributed by atoms with Crippen LogP contribution in [0.2, 0.25) is 0 Å². The van der Waals surface area contributed by atoms with E-state index in [0.717, 1.165) is 32.4 Å². The standard InChI is InChI=1S/C15H18N2O4/c1-21-14(20)10-9-15(10)5-7-17(8-6-15)12-4-2-3-11(16-12)13(18)19/h2-4,10H,5-9H2,1H3,(H,18,19). The summed E-state index contributed by atoms with van der Waals surface area (Å²) >= 11 is 0. The van der Waals surface area contributed by atoms with Gasteiger partial charge in [0.15, 0.2) is 5.69 Å². The average molecular weight is 290 g/mol. The van der Waals surface area contributed by atoms with Gasteiger partial charge in [0.25, 0.3) is 0 Å². The lowest BCUT2D eigenvalue weighted by Gasteiger charge is -2.33. The van der Waals surface area contributed by atoms with E-state index in [9.17, 15) is 9.59 Å². The van der Waals surface area contributed by atoms with Crippen molar-refractivity contribution in [2.24, 2.45) is 11.3 Å². The molecule has 1 unspecified atom stereocenters. The Hall–Kier alpha value is -2.11. The van der Waals surface area contributed by atoms with Gasteiger partial charge in [0.05, 0.1) is 13.0 Å². The van der Waals surface area contributed by atoms with Gasteiger partial charge in [-0.1, -0.05) is 6.07 Å². The lowest BCUT2D eigenvalue weighted by atomic mass is 9.91. The topological polar surface area (TPSA) is 79.7 Å². The number of methoxy groups -OCH3 is 1. The zero-order valence-corrected chi connectivity index (χ0v) is 11.9. The van der Waals surface area contributed by atoms with E-state index in [1.807, 2.05) is 6.07 Å². The molecule has 1 aliphatic heterocycles. The normalized spacial score (nSPS) is 22.9. The third-order valence-corrected chi connectivity index (χ3v) is 4.71. The van der Waals surface area contributed by atoms with E-state index in [1.165, 1.54) is 13.2 Å². The summed E-state index contributed by atoms with van der Waals surface area (Å²) in [6.07, 6.45) is 2.76. The number of esters is 1. The molecule has 112 valence electrons. The number of carbonyl (C=O) groups excluding carboxylic acids is 1. The van der Waals surface area contributed by atoms with Gasteiger partial charge >= 0.3 is 11.9 Å². The number of carbonyl (C=O) groups is 2. The first-order valence-corrected chi connectivity index (χ1v) is 7.09. The maximum Gasteiger partial charge on any atom is 0.354 e. The van der Waals surface area contributed by atoms with Crippen molar-refractivity contribution in [3.63, 3.8) is 0 Å². The molecule has 1 saturated carbocycles. The SMILES string of the molecule is COC(=O)C1CC12CCN(c1cccc(C(=O)O)n1)CC2. The molecule has 6 nitrogen and oxygen atoms in total. The number of nitrogens with zero attached hydrogens (tertiary/aromatic N) is 2. The number of carboxylic acid groups (broad SMARTS) is 1. The molecule has 1 atom stereocenters. The molecule has 1 saturated heterocycles. The molecule has 1 aliphatic carbocycles. The number of carboxylic acids is 1. The summed E-state index contributed by atoms with van der Waals surface area (Å²) in [5, 5.41) is 8.99. The van der Waals surface area contributed by atoms with Gasteiger partial charge in [-0.15, -0.1) is 0 Å². The Labute approximate surface area is 122 Å². The van der Waals surface area contributed by atoms with Crippen LogP contribution in [0.5, 0.6) is 0 Å². The number of hydrogen-bond donors (Lipinski definition) is 1. The summed E-state index contributed by atoms with van der Waals surface area (Å²) in [6, 6.07) is 5.03. The zero-order valence-electron chi connectivity index (χ0n) is 11.9. The van der Waals surface area contributed by atoms with Gasteiger partial charge in [-0.05, 0) is 36.8 Å². The molecule has 6 heteroatoms. The molecule has 1 aromatic rings.